The minimum atomic E-state index is -0.835. The van der Waals surface area contributed by atoms with Gasteiger partial charge < -0.3 is 9.94 Å². The van der Waals surface area contributed by atoms with Crippen molar-refractivity contribution in [1.82, 2.24) is 4.90 Å². The Labute approximate surface area is 130 Å². The van der Waals surface area contributed by atoms with E-state index in [0.29, 0.717) is 25.3 Å². The van der Waals surface area contributed by atoms with Crippen LogP contribution in [0.3, 0.4) is 0 Å². The van der Waals surface area contributed by atoms with Gasteiger partial charge in [-0.15, -0.1) is 12.4 Å². The summed E-state index contributed by atoms with van der Waals surface area (Å²) >= 11 is 0. The predicted molar refractivity (Wildman–Crippen MR) is 84.0 cm³/mol. The number of rotatable bonds is 6. The number of hydrogen-bond acceptors (Lipinski definition) is 4. The summed E-state index contributed by atoms with van der Waals surface area (Å²) in [5.41, 5.74) is 1.45. The lowest BCUT2D eigenvalue weighted by molar-refractivity contribution is -0.133. The molecule has 114 valence electrons. The number of halogens is 1. The fraction of sp³-hybridized carbons (Fsp3) is 0.333. The molecule has 21 heavy (non-hydrogen) atoms. The van der Waals surface area contributed by atoms with Crippen molar-refractivity contribution in [2.24, 2.45) is 5.16 Å². The molecule has 1 aromatic carbocycles. The van der Waals surface area contributed by atoms with Gasteiger partial charge in [-0.2, -0.15) is 0 Å². The first kappa shape index (κ1) is 17.2. The van der Waals surface area contributed by atoms with Gasteiger partial charge in [0, 0.05) is 25.2 Å². The lowest BCUT2D eigenvalue weighted by Crippen LogP contribution is -2.34. The number of hydrogen-bond donors (Lipinski definition) is 1. The highest BCUT2D eigenvalue weighted by Crippen LogP contribution is 2.09. The van der Waals surface area contributed by atoms with E-state index in [4.69, 9.17) is 9.94 Å². The normalized spacial score (nSPS) is 15.3. The predicted octanol–water partition coefficient (Wildman–Crippen LogP) is 2.18. The Bertz CT molecular complexity index is 503. The fourth-order valence-electron chi connectivity index (χ4n) is 2.01. The second-order valence-corrected chi connectivity index (χ2v) is 4.58. The first-order chi connectivity index (χ1) is 9.75. The van der Waals surface area contributed by atoms with Gasteiger partial charge in [-0.25, -0.2) is 4.79 Å². The van der Waals surface area contributed by atoms with Crippen LogP contribution in [0.15, 0.2) is 47.1 Å². The number of benzene rings is 1. The Balaban J connectivity index is 0.00000220. The highest BCUT2D eigenvalue weighted by Gasteiger charge is 2.16. The van der Waals surface area contributed by atoms with Crippen molar-refractivity contribution in [3.05, 3.63) is 47.5 Å². The molecule has 0 bridgehead atoms. The second kappa shape index (κ2) is 9.15. The van der Waals surface area contributed by atoms with Crippen LogP contribution < -0.4 is 0 Å². The smallest absolute Gasteiger partial charge is 0.332 e. The molecule has 0 aromatic heterocycles. The van der Waals surface area contributed by atoms with Gasteiger partial charge in [0.2, 0.25) is 0 Å². The number of carboxylic acid groups (broad SMARTS) is 1. The van der Waals surface area contributed by atoms with E-state index in [1.165, 1.54) is 0 Å². The first-order valence-electron chi connectivity index (χ1n) is 6.61. The topological polar surface area (TPSA) is 62.1 Å². The molecule has 0 atom stereocenters. The molecule has 0 amide bonds. The van der Waals surface area contributed by atoms with Crippen LogP contribution in [-0.2, 0) is 9.63 Å². The van der Waals surface area contributed by atoms with Crippen molar-refractivity contribution < 1.29 is 14.7 Å². The van der Waals surface area contributed by atoms with Crippen molar-refractivity contribution >= 4 is 24.6 Å². The Morgan fingerprint density at radius 2 is 2.14 bits per heavy atom. The Morgan fingerprint density at radius 3 is 2.86 bits per heavy atom. The third-order valence-electron chi connectivity index (χ3n) is 3.08. The average Bonchev–Trinajstić information content (AvgIpc) is 2.48. The van der Waals surface area contributed by atoms with Crippen LogP contribution in [0.25, 0.3) is 0 Å². The van der Waals surface area contributed by atoms with Crippen LogP contribution in [0, 0.1) is 0 Å². The molecule has 0 radical (unpaired) electrons. The maximum absolute atomic E-state index is 10.9. The van der Waals surface area contributed by atoms with Crippen LogP contribution in [0.5, 0.6) is 0 Å². The molecule has 6 heteroatoms. The first-order valence-corrected chi connectivity index (χ1v) is 6.61. The van der Waals surface area contributed by atoms with Gasteiger partial charge in [-0.05, 0) is 12.0 Å². The minimum Gasteiger partial charge on any atom is -0.478 e. The van der Waals surface area contributed by atoms with Crippen LogP contribution in [0.2, 0.25) is 0 Å². The summed E-state index contributed by atoms with van der Waals surface area (Å²) in [7, 11) is 0. The second-order valence-electron chi connectivity index (χ2n) is 4.58. The molecule has 0 fully saturated rings. The molecule has 1 aromatic rings. The third kappa shape index (κ3) is 5.97. The van der Waals surface area contributed by atoms with E-state index in [2.05, 4.69) is 10.1 Å². The summed E-state index contributed by atoms with van der Waals surface area (Å²) in [5.74, 6) is -0.835. The molecule has 1 N–H and O–H groups in total. The fourth-order valence-corrected chi connectivity index (χ4v) is 2.01. The molecule has 1 heterocycles. The molecule has 0 saturated carbocycles. The largest absolute Gasteiger partial charge is 0.478 e. The molecule has 0 saturated heterocycles. The minimum absolute atomic E-state index is 0. The summed E-state index contributed by atoms with van der Waals surface area (Å²) in [6.45, 7) is 2.47. The zero-order chi connectivity index (χ0) is 14.2. The highest BCUT2D eigenvalue weighted by atomic mass is 35.5. The Hall–Kier alpha value is -1.85. The summed E-state index contributed by atoms with van der Waals surface area (Å²) < 4.78 is 0. The molecular formula is C15H19ClN2O3. The van der Waals surface area contributed by atoms with Crippen LogP contribution >= 0.6 is 12.4 Å². The number of nitrogens with zero attached hydrogens (tertiary/aromatic N) is 2. The molecule has 0 aliphatic carbocycles. The summed E-state index contributed by atoms with van der Waals surface area (Å²) in [6, 6.07) is 9.72. The van der Waals surface area contributed by atoms with Crippen molar-refractivity contribution in [1.29, 1.82) is 0 Å². The number of aliphatic carboxylic acids is 1. The lowest BCUT2D eigenvalue weighted by Gasteiger charge is -2.24. The molecule has 2 rings (SSSR count). The van der Waals surface area contributed by atoms with Crippen LogP contribution in [-0.4, -0.2) is 48.4 Å². The molecular weight excluding hydrogens is 292 g/mol. The van der Waals surface area contributed by atoms with E-state index in [-0.39, 0.29) is 12.4 Å². The average molecular weight is 311 g/mol. The zero-order valence-corrected chi connectivity index (χ0v) is 12.5. The molecule has 0 spiro atoms. The lowest BCUT2D eigenvalue weighted by atomic mass is 10.1. The quantitative estimate of drug-likeness (QED) is 0.497. The molecule has 1 aliphatic rings. The van der Waals surface area contributed by atoms with E-state index in [9.17, 15) is 4.79 Å². The van der Waals surface area contributed by atoms with Gasteiger partial charge in [0.1, 0.15) is 6.61 Å². The standard InChI is InChI=1S/C15H18N2O3.ClH/c18-15(19)14-7-4-8-17(12-14)9-10-20-16-11-13-5-2-1-3-6-13;/h1-3,5-7,11H,4,8-10,12H2,(H,18,19);1H. The summed E-state index contributed by atoms with van der Waals surface area (Å²) in [5, 5.41) is 12.8. The van der Waals surface area contributed by atoms with Crippen molar-refractivity contribution in [2.75, 3.05) is 26.2 Å². The van der Waals surface area contributed by atoms with Crippen LogP contribution in [0.4, 0.5) is 0 Å². The van der Waals surface area contributed by atoms with Gasteiger partial charge in [0.25, 0.3) is 0 Å². The maximum Gasteiger partial charge on any atom is 0.332 e. The number of carboxylic acids is 1. The van der Waals surface area contributed by atoms with Crippen molar-refractivity contribution in [3.8, 4) is 0 Å². The van der Waals surface area contributed by atoms with Gasteiger partial charge >= 0.3 is 5.97 Å². The Morgan fingerprint density at radius 1 is 1.38 bits per heavy atom. The molecule has 1 aliphatic heterocycles. The van der Waals surface area contributed by atoms with Gasteiger partial charge in [-0.1, -0.05) is 41.6 Å². The van der Waals surface area contributed by atoms with Crippen molar-refractivity contribution in [2.45, 2.75) is 6.42 Å². The van der Waals surface area contributed by atoms with E-state index < -0.39 is 5.97 Å². The SMILES string of the molecule is Cl.O=C(O)C1=CCCN(CCON=Cc2ccccc2)C1. The molecule has 5 nitrogen and oxygen atoms in total. The van der Waals surface area contributed by atoms with Gasteiger partial charge in [0.05, 0.1) is 6.21 Å². The summed E-state index contributed by atoms with van der Waals surface area (Å²) in [4.78, 5) is 18.1. The van der Waals surface area contributed by atoms with Crippen molar-refractivity contribution in [3.63, 3.8) is 0 Å². The van der Waals surface area contributed by atoms with E-state index in [0.717, 1.165) is 18.5 Å². The third-order valence-corrected chi connectivity index (χ3v) is 3.08. The number of carbonyl (C=O) groups is 1. The van der Waals surface area contributed by atoms with Crippen LogP contribution in [0.1, 0.15) is 12.0 Å². The van der Waals surface area contributed by atoms with Gasteiger partial charge in [-0.3, -0.25) is 4.90 Å². The zero-order valence-electron chi connectivity index (χ0n) is 11.6. The monoisotopic (exact) mass is 310 g/mol. The Kier molecular flexibility index (Phi) is 7.50. The maximum atomic E-state index is 10.9. The summed E-state index contributed by atoms with van der Waals surface area (Å²) in [6.07, 6.45) is 4.22. The van der Waals surface area contributed by atoms with E-state index in [1.54, 1.807) is 12.3 Å². The van der Waals surface area contributed by atoms with E-state index in [1.807, 2.05) is 30.3 Å². The highest BCUT2D eigenvalue weighted by molar-refractivity contribution is 5.87. The number of oxime groups is 1. The van der Waals surface area contributed by atoms with E-state index >= 15 is 0 Å². The van der Waals surface area contributed by atoms with Gasteiger partial charge in [0.15, 0.2) is 0 Å². The molecule has 0 unspecified atom stereocenters.